The van der Waals surface area contributed by atoms with Crippen LogP contribution in [-0.2, 0) is 4.74 Å². The summed E-state index contributed by atoms with van der Waals surface area (Å²) in [7, 11) is 2.21. The maximum atomic E-state index is 5.81. The van der Waals surface area contributed by atoms with Crippen molar-refractivity contribution in [2.75, 3.05) is 7.05 Å². The van der Waals surface area contributed by atoms with E-state index in [9.17, 15) is 0 Å². The summed E-state index contributed by atoms with van der Waals surface area (Å²) >= 11 is 0. The fourth-order valence-corrected chi connectivity index (χ4v) is 2.23. The molecule has 2 nitrogen and oxygen atoms in total. The molecule has 1 heterocycles. The molecule has 1 fully saturated rings. The first-order valence-corrected chi connectivity index (χ1v) is 5.39. The van der Waals surface area contributed by atoms with Crippen LogP contribution < -0.4 is 0 Å². The average Bonchev–Trinajstić information content (AvgIpc) is 2.31. The molecule has 0 aliphatic carbocycles. The third-order valence-electron chi connectivity index (χ3n) is 3.13. The molecule has 0 bridgehead atoms. The van der Waals surface area contributed by atoms with E-state index in [2.05, 4.69) is 39.6 Å². The fourth-order valence-electron chi connectivity index (χ4n) is 2.23. The van der Waals surface area contributed by atoms with Gasteiger partial charge in [-0.3, -0.25) is 4.90 Å². The van der Waals surface area contributed by atoms with Gasteiger partial charge in [0.15, 0.2) is 0 Å². The Balaban J connectivity index is 2.43. The van der Waals surface area contributed by atoms with Gasteiger partial charge in [0.05, 0.1) is 12.2 Å². The van der Waals surface area contributed by atoms with E-state index >= 15 is 0 Å². The minimum Gasteiger partial charge on any atom is -0.374 e. The van der Waals surface area contributed by atoms with Crippen molar-refractivity contribution in [2.45, 2.75) is 64.8 Å². The highest BCUT2D eigenvalue weighted by molar-refractivity contribution is 4.86. The molecule has 0 aromatic heterocycles. The smallest absolute Gasteiger partial charge is 0.0705 e. The fraction of sp³-hybridized carbons (Fsp3) is 1.00. The topological polar surface area (TPSA) is 12.5 Å². The summed E-state index contributed by atoms with van der Waals surface area (Å²) in [6.45, 7) is 8.70. The first-order valence-electron chi connectivity index (χ1n) is 5.39. The van der Waals surface area contributed by atoms with Crippen molar-refractivity contribution in [1.29, 1.82) is 0 Å². The van der Waals surface area contributed by atoms with Crippen LogP contribution in [-0.4, -0.2) is 36.2 Å². The Morgan fingerprint density at radius 2 is 1.85 bits per heavy atom. The second-order valence-corrected chi connectivity index (χ2v) is 4.55. The number of ether oxygens (including phenoxy) is 1. The summed E-state index contributed by atoms with van der Waals surface area (Å²) in [4.78, 5) is 2.45. The quantitative estimate of drug-likeness (QED) is 0.669. The second kappa shape index (κ2) is 4.43. The molecular formula is C11H23NO. The standard InChI is InChI=1S/C11H23NO/c1-8(2)13-10(4)11-7-6-9(3)12(11)5/h8-11H,6-7H2,1-5H3/t9?,10-,11?/m0/s1. The number of rotatable bonds is 3. The molecule has 1 aliphatic rings. The number of hydrogen-bond donors (Lipinski definition) is 0. The van der Waals surface area contributed by atoms with Gasteiger partial charge in [0.1, 0.15) is 0 Å². The van der Waals surface area contributed by atoms with E-state index < -0.39 is 0 Å². The molecular weight excluding hydrogens is 162 g/mol. The lowest BCUT2D eigenvalue weighted by Crippen LogP contribution is -2.40. The number of hydrogen-bond acceptors (Lipinski definition) is 2. The SMILES string of the molecule is CC(C)O[C@@H](C)C1CCC(C)N1C. The zero-order chi connectivity index (χ0) is 10.0. The van der Waals surface area contributed by atoms with E-state index in [4.69, 9.17) is 4.74 Å². The van der Waals surface area contributed by atoms with Crippen molar-refractivity contribution in [1.82, 2.24) is 4.90 Å². The molecule has 0 aromatic rings. The summed E-state index contributed by atoms with van der Waals surface area (Å²) < 4.78 is 5.81. The van der Waals surface area contributed by atoms with Gasteiger partial charge in [-0.25, -0.2) is 0 Å². The maximum absolute atomic E-state index is 5.81. The molecule has 3 atom stereocenters. The Morgan fingerprint density at radius 3 is 2.23 bits per heavy atom. The highest BCUT2D eigenvalue weighted by Crippen LogP contribution is 2.25. The summed E-state index contributed by atoms with van der Waals surface area (Å²) in [5, 5.41) is 0. The third-order valence-corrected chi connectivity index (χ3v) is 3.13. The Kier molecular flexibility index (Phi) is 3.74. The van der Waals surface area contributed by atoms with Crippen molar-refractivity contribution in [2.24, 2.45) is 0 Å². The predicted octanol–water partition coefficient (Wildman–Crippen LogP) is 2.28. The van der Waals surface area contributed by atoms with Crippen LogP contribution in [0.1, 0.15) is 40.5 Å². The van der Waals surface area contributed by atoms with Gasteiger partial charge in [-0.1, -0.05) is 0 Å². The van der Waals surface area contributed by atoms with Crippen molar-refractivity contribution < 1.29 is 4.74 Å². The predicted molar refractivity (Wildman–Crippen MR) is 55.9 cm³/mol. The maximum Gasteiger partial charge on any atom is 0.0705 e. The Hall–Kier alpha value is -0.0800. The van der Waals surface area contributed by atoms with E-state index in [1.165, 1.54) is 12.8 Å². The van der Waals surface area contributed by atoms with Gasteiger partial charge in [0.2, 0.25) is 0 Å². The van der Waals surface area contributed by atoms with E-state index in [0.29, 0.717) is 18.2 Å². The van der Waals surface area contributed by atoms with Gasteiger partial charge in [-0.05, 0) is 47.6 Å². The van der Waals surface area contributed by atoms with Gasteiger partial charge in [-0.2, -0.15) is 0 Å². The molecule has 2 heteroatoms. The summed E-state index contributed by atoms with van der Waals surface area (Å²) in [5.74, 6) is 0. The lowest BCUT2D eigenvalue weighted by Gasteiger charge is -2.29. The Bertz CT molecular complexity index is 158. The number of likely N-dealkylation sites (tertiary alicyclic amines) is 1. The zero-order valence-corrected chi connectivity index (χ0v) is 9.58. The van der Waals surface area contributed by atoms with Crippen LogP contribution in [0, 0.1) is 0 Å². The van der Waals surface area contributed by atoms with Crippen LogP contribution in [0.2, 0.25) is 0 Å². The summed E-state index contributed by atoms with van der Waals surface area (Å²) in [5.41, 5.74) is 0. The van der Waals surface area contributed by atoms with E-state index in [-0.39, 0.29) is 0 Å². The van der Waals surface area contributed by atoms with Crippen molar-refractivity contribution in [3.05, 3.63) is 0 Å². The molecule has 0 amide bonds. The van der Waals surface area contributed by atoms with Crippen molar-refractivity contribution in [3.8, 4) is 0 Å². The van der Waals surface area contributed by atoms with E-state index in [0.717, 1.165) is 6.04 Å². The molecule has 0 spiro atoms. The largest absolute Gasteiger partial charge is 0.374 e. The van der Waals surface area contributed by atoms with Gasteiger partial charge in [0.25, 0.3) is 0 Å². The molecule has 0 radical (unpaired) electrons. The first kappa shape index (κ1) is 11.0. The van der Waals surface area contributed by atoms with Crippen LogP contribution in [0.5, 0.6) is 0 Å². The van der Waals surface area contributed by atoms with E-state index in [1.807, 2.05) is 0 Å². The highest BCUT2D eigenvalue weighted by atomic mass is 16.5. The monoisotopic (exact) mass is 185 g/mol. The lowest BCUT2D eigenvalue weighted by molar-refractivity contribution is -0.0239. The van der Waals surface area contributed by atoms with Gasteiger partial charge in [0, 0.05) is 12.1 Å². The first-order chi connectivity index (χ1) is 6.02. The average molecular weight is 185 g/mol. The lowest BCUT2D eigenvalue weighted by atomic mass is 10.1. The van der Waals surface area contributed by atoms with Crippen LogP contribution in [0.25, 0.3) is 0 Å². The number of nitrogens with zero attached hydrogens (tertiary/aromatic N) is 1. The van der Waals surface area contributed by atoms with Gasteiger partial charge in [-0.15, -0.1) is 0 Å². The molecule has 78 valence electrons. The third kappa shape index (κ3) is 2.68. The van der Waals surface area contributed by atoms with Crippen LogP contribution >= 0.6 is 0 Å². The second-order valence-electron chi connectivity index (χ2n) is 4.55. The van der Waals surface area contributed by atoms with Gasteiger partial charge >= 0.3 is 0 Å². The minimum atomic E-state index is 0.347. The van der Waals surface area contributed by atoms with Crippen LogP contribution in [0.3, 0.4) is 0 Å². The Labute approximate surface area is 82.3 Å². The minimum absolute atomic E-state index is 0.347. The zero-order valence-electron chi connectivity index (χ0n) is 9.58. The number of likely N-dealkylation sites (N-methyl/N-ethyl adjacent to an activating group) is 1. The summed E-state index contributed by atoms with van der Waals surface area (Å²) in [6.07, 6.45) is 3.31. The van der Waals surface area contributed by atoms with E-state index in [1.54, 1.807) is 0 Å². The molecule has 1 aliphatic heterocycles. The Morgan fingerprint density at radius 1 is 1.23 bits per heavy atom. The molecule has 1 saturated heterocycles. The normalized spacial score (nSPS) is 32.8. The molecule has 0 aromatic carbocycles. The molecule has 1 rings (SSSR count). The molecule has 0 N–H and O–H groups in total. The molecule has 2 unspecified atom stereocenters. The van der Waals surface area contributed by atoms with Gasteiger partial charge < -0.3 is 4.74 Å². The van der Waals surface area contributed by atoms with Crippen LogP contribution in [0.15, 0.2) is 0 Å². The molecule has 13 heavy (non-hydrogen) atoms. The van der Waals surface area contributed by atoms with Crippen LogP contribution in [0.4, 0.5) is 0 Å². The van der Waals surface area contributed by atoms with Crippen molar-refractivity contribution >= 4 is 0 Å². The molecule has 0 saturated carbocycles. The highest BCUT2D eigenvalue weighted by Gasteiger charge is 2.31. The van der Waals surface area contributed by atoms with Crippen molar-refractivity contribution in [3.63, 3.8) is 0 Å². The summed E-state index contributed by atoms with van der Waals surface area (Å²) in [6, 6.07) is 1.35.